The first-order valence-electron chi connectivity index (χ1n) is 10.7. The standard InChI is InChI=1S/C24H25N3O4S/c1-2-30-24(29)18-12-14-27(15-13-18)23(28)21-10-8-19(31-21)16-32-22-11-9-20(25-26-22)17-6-4-3-5-7-17/h3-11,18H,2,12-16H2,1H3. The van der Waals surface area contributed by atoms with Crippen molar-refractivity contribution in [2.24, 2.45) is 5.92 Å². The monoisotopic (exact) mass is 451 g/mol. The lowest BCUT2D eigenvalue weighted by Gasteiger charge is -2.30. The summed E-state index contributed by atoms with van der Waals surface area (Å²) in [5.41, 5.74) is 1.85. The van der Waals surface area contributed by atoms with E-state index in [1.54, 1.807) is 17.9 Å². The molecule has 166 valence electrons. The predicted molar refractivity (Wildman–Crippen MR) is 121 cm³/mol. The van der Waals surface area contributed by atoms with Crippen LogP contribution in [0.5, 0.6) is 0 Å². The first kappa shape index (κ1) is 22.1. The van der Waals surface area contributed by atoms with Gasteiger partial charge in [-0.15, -0.1) is 10.2 Å². The maximum Gasteiger partial charge on any atom is 0.309 e. The lowest BCUT2D eigenvalue weighted by molar-refractivity contribution is -0.149. The Morgan fingerprint density at radius 1 is 1.06 bits per heavy atom. The van der Waals surface area contributed by atoms with Crippen molar-refractivity contribution in [2.75, 3.05) is 19.7 Å². The van der Waals surface area contributed by atoms with Crippen LogP contribution in [0.4, 0.5) is 0 Å². The number of piperidine rings is 1. The number of esters is 1. The van der Waals surface area contributed by atoms with E-state index in [2.05, 4.69) is 10.2 Å². The third-order valence-electron chi connectivity index (χ3n) is 5.35. The fraction of sp³-hybridized carbons (Fsp3) is 0.333. The molecule has 32 heavy (non-hydrogen) atoms. The maximum atomic E-state index is 12.7. The highest BCUT2D eigenvalue weighted by molar-refractivity contribution is 7.98. The van der Waals surface area contributed by atoms with Crippen LogP contribution in [0.15, 0.2) is 64.0 Å². The van der Waals surface area contributed by atoms with Crippen molar-refractivity contribution in [3.05, 3.63) is 66.1 Å². The van der Waals surface area contributed by atoms with Crippen molar-refractivity contribution in [1.82, 2.24) is 15.1 Å². The van der Waals surface area contributed by atoms with E-state index in [0.29, 0.717) is 49.8 Å². The van der Waals surface area contributed by atoms with E-state index in [4.69, 9.17) is 9.15 Å². The average Bonchev–Trinajstić information content (AvgIpc) is 3.32. The van der Waals surface area contributed by atoms with Gasteiger partial charge in [0.25, 0.3) is 5.91 Å². The summed E-state index contributed by atoms with van der Waals surface area (Å²) >= 11 is 1.50. The summed E-state index contributed by atoms with van der Waals surface area (Å²) in [6.07, 6.45) is 1.23. The van der Waals surface area contributed by atoms with Gasteiger partial charge in [-0.3, -0.25) is 9.59 Å². The topological polar surface area (TPSA) is 85.5 Å². The van der Waals surface area contributed by atoms with E-state index >= 15 is 0 Å². The molecule has 0 bridgehead atoms. The van der Waals surface area contributed by atoms with Gasteiger partial charge in [-0.25, -0.2) is 0 Å². The van der Waals surface area contributed by atoms with E-state index < -0.39 is 0 Å². The van der Waals surface area contributed by atoms with Crippen LogP contribution >= 0.6 is 11.8 Å². The molecule has 1 aliphatic rings. The molecule has 4 rings (SSSR count). The second-order valence-corrected chi connectivity index (χ2v) is 8.49. The van der Waals surface area contributed by atoms with E-state index in [1.807, 2.05) is 48.5 Å². The zero-order valence-corrected chi connectivity index (χ0v) is 18.7. The number of hydrogen-bond acceptors (Lipinski definition) is 7. The molecule has 0 N–H and O–H groups in total. The van der Waals surface area contributed by atoms with Gasteiger partial charge in [-0.2, -0.15) is 0 Å². The number of carbonyl (C=O) groups is 2. The van der Waals surface area contributed by atoms with Gasteiger partial charge < -0.3 is 14.1 Å². The summed E-state index contributed by atoms with van der Waals surface area (Å²) in [4.78, 5) is 26.4. The van der Waals surface area contributed by atoms with Crippen LogP contribution < -0.4 is 0 Å². The Hall–Kier alpha value is -3.13. The molecule has 2 aromatic heterocycles. The minimum absolute atomic E-state index is 0.128. The second kappa shape index (κ2) is 10.5. The van der Waals surface area contributed by atoms with Crippen molar-refractivity contribution in [1.29, 1.82) is 0 Å². The quantitative estimate of drug-likeness (QED) is 0.388. The highest BCUT2D eigenvalue weighted by Crippen LogP contribution is 2.25. The van der Waals surface area contributed by atoms with Gasteiger partial charge in [0, 0.05) is 18.7 Å². The smallest absolute Gasteiger partial charge is 0.309 e. The molecule has 3 aromatic rings. The zero-order chi connectivity index (χ0) is 22.3. The fourth-order valence-electron chi connectivity index (χ4n) is 3.61. The Balaban J connectivity index is 1.29. The van der Waals surface area contributed by atoms with E-state index in [1.165, 1.54) is 11.8 Å². The van der Waals surface area contributed by atoms with E-state index in [9.17, 15) is 9.59 Å². The van der Waals surface area contributed by atoms with Crippen LogP contribution in [-0.4, -0.2) is 46.7 Å². The van der Waals surface area contributed by atoms with Gasteiger partial charge in [0.15, 0.2) is 5.76 Å². The molecule has 1 aliphatic heterocycles. The minimum Gasteiger partial charge on any atom is -0.466 e. The number of ether oxygens (including phenoxy) is 1. The summed E-state index contributed by atoms with van der Waals surface area (Å²) in [5, 5.41) is 9.36. The summed E-state index contributed by atoms with van der Waals surface area (Å²) < 4.78 is 10.9. The SMILES string of the molecule is CCOC(=O)C1CCN(C(=O)c2ccc(CSc3ccc(-c4ccccc4)nn3)o2)CC1. The van der Waals surface area contributed by atoms with Gasteiger partial charge >= 0.3 is 5.97 Å². The molecule has 1 aromatic carbocycles. The summed E-state index contributed by atoms with van der Waals surface area (Å²) in [5.74, 6) is 1.14. The van der Waals surface area contributed by atoms with E-state index in [0.717, 1.165) is 16.3 Å². The first-order chi connectivity index (χ1) is 15.6. The molecular weight excluding hydrogens is 426 g/mol. The number of furan rings is 1. The molecule has 0 aliphatic carbocycles. The molecule has 0 spiro atoms. The van der Waals surface area contributed by atoms with Gasteiger partial charge in [0.1, 0.15) is 10.8 Å². The Bertz CT molecular complexity index is 1040. The Kier molecular flexibility index (Phi) is 7.21. The number of amides is 1. The predicted octanol–water partition coefficient (Wildman–Crippen LogP) is 4.44. The lowest BCUT2D eigenvalue weighted by atomic mass is 9.97. The van der Waals surface area contributed by atoms with Crippen molar-refractivity contribution < 1.29 is 18.7 Å². The first-order valence-corrected chi connectivity index (χ1v) is 11.7. The van der Waals surface area contributed by atoms with Crippen LogP contribution in [0.2, 0.25) is 0 Å². The van der Waals surface area contributed by atoms with Crippen molar-refractivity contribution in [3.63, 3.8) is 0 Å². The lowest BCUT2D eigenvalue weighted by Crippen LogP contribution is -2.40. The van der Waals surface area contributed by atoms with Crippen LogP contribution in [0.3, 0.4) is 0 Å². The van der Waals surface area contributed by atoms with Crippen LogP contribution in [0.25, 0.3) is 11.3 Å². The average molecular weight is 452 g/mol. The number of rotatable bonds is 7. The highest BCUT2D eigenvalue weighted by Gasteiger charge is 2.29. The number of thioether (sulfide) groups is 1. The molecular formula is C24H25N3O4S. The normalized spacial score (nSPS) is 14.3. The molecule has 8 heteroatoms. The van der Waals surface area contributed by atoms with E-state index in [-0.39, 0.29) is 17.8 Å². The Labute approximate surface area is 191 Å². The number of benzene rings is 1. The fourth-order valence-corrected chi connectivity index (χ4v) is 4.32. The molecule has 0 radical (unpaired) electrons. The number of nitrogens with zero attached hydrogens (tertiary/aromatic N) is 3. The largest absolute Gasteiger partial charge is 0.466 e. The minimum atomic E-state index is -0.170. The van der Waals surface area contributed by atoms with Gasteiger partial charge in [0.2, 0.25) is 0 Å². The summed E-state index contributed by atoms with van der Waals surface area (Å²) in [7, 11) is 0. The zero-order valence-electron chi connectivity index (χ0n) is 17.9. The van der Waals surface area contributed by atoms with Crippen LogP contribution in [0, 0.1) is 5.92 Å². The van der Waals surface area contributed by atoms with Crippen molar-refractivity contribution in [2.45, 2.75) is 30.5 Å². The second-order valence-electron chi connectivity index (χ2n) is 7.50. The third-order valence-corrected chi connectivity index (χ3v) is 6.29. The van der Waals surface area contributed by atoms with Gasteiger partial charge in [0.05, 0.1) is 24.0 Å². The molecule has 0 saturated carbocycles. The molecule has 1 amide bonds. The highest BCUT2D eigenvalue weighted by atomic mass is 32.2. The molecule has 3 heterocycles. The van der Waals surface area contributed by atoms with Crippen molar-refractivity contribution in [3.8, 4) is 11.3 Å². The van der Waals surface area contributed by atoms with Gasteiger partial charge in [-0.1, -0.05) is 42.1 Å². The molecule has 0 unspecified atom stereocenters. The molecule has 7 nitrogen and oxygen atoms in total. The summed E-state index contributed by atoms with van der Waals surface area (Å²) in [6.45, 7) is 3.23. The molecule has 1 saturated heterocycles. The Morgan fingerprint density at radius 2 is 1.84 bits per heavy atom. The van der Waals surface area contributed by atoms with Crippen LogP contribution in [0.1, 0.15) is 36.1 Å². The van der Waals surface area contributed by atoms with Crippen LogP contribution in [-0.2, 0) is 15.3 Å². The third kappa shape index (κ3) is 5.37. The summed E-state index contributed by atoms with van der Waals surface area (Å²) in [6, 6.07) is 17.3. The number of likely N-dealkylation sites (tertiary alicyclic amines) is 1. The maximum absolute atomic E-state index is 12.7. The Morgan fingerprint density at radius 3 is 2.53 bits per heavy atom. The van der Waals surface area contributed by atoms with Gasteiger partial charge in [-0.05, 0) is 44.0 Å². The number of aromatic nitrogens is 2. The molecule has 1 fully saturated rings. The van der Waals surface area contributed by atoms with Crippen molar-refractivity contribution >= 4 is 23.6 Å². The number of carbonyl (C=O) groups excluding carboxylic acids is 2. The molecule has 0 atom stereocenters. The number of hydrogen-bond donors (Lipinski definition) is 0.